The number of hydrogen-bond donors (Lipinski definition) is 0. The Hall–Kier alpha value is -0.300. The second-order valence-corrected chi connectivity index (χ2v) is 6.57. The summed E-state index contributed by atoms with van der Waals surface area (Å²) in [5, 5.41) is 0. The average Bonchev–Trinajstić information content (AvgIpc) is 2.36. The Morgan fingerprint density at radius 2 is 1.71 bits per heavy atom. The van der Waals surface area contributed by atoms with E-state index in [-0.39, 0.29) is 0 Å². The van der Waals surface area contributed by atoms with E-state index in [1.54, 1.807) is 0 Å². The van der Waals surface area contributed by atoms with Gasteiger partial charge in [-0.1, -0.05) is 80.7 Å². The molecule has 17 heavy (non-hydrogen) atoms. The van der Waals surface area contributed by atoms with Gasteiger partial charge in [0.05, 0.1) is 0 Å². The van der Waals surface area contributed by atoms with E-state index < -0.39 is 0 Å². The summed E-state index contributed by atoms with van der Waals surface area (Å²) >= 11 is 3.78. The summed E-state index contributed by atoms with van der Waals surface area (Å²) in [5.41, 5.74) is 3.15. The molecule has 1 atom stereocenters. The molecule has 0 aliphatic heterocycles. The molecule has 0 radical (unpaired) electrons. The van der Waals surface area contributed by atoms with E-state index in [9.17, 15) is 0 Å². The lowest BCUT2D eigenvalue weighted by molar-refractivity contribution is 0.506. The van der Waals surface area contributed by atoms with Gasteiger partial charge in [0, 0.05) is 4.83 Å². The highest BCUT2D eigenvalue weighted by Gasteiger charge is 2.18. The zero-order valence-electron chi connectivity index (χ0n) is 11.6. The fraction of sp³-hybridized carbons (Fsp3) is 0.625. The van der Waals surface area contributed by atoms with Gasteiger partial charge in [0.2, 0.25) is 0 Å². The predicted molar refractivity (Wildman–Crippen MR) is 81.0 cm³/mol. The highest BCUT2D eigenvalue weighted by atomic mass is 79.9. The first-order valence-electron chi connectivity index (χ1n) is 6.75. The van der Waals surface area contributed by atoms with Crippen molar-refractivity contribution in [3.05, 3.63) is 35.4 Å². The van der Waals surface area contributed by atoms with E-state index in [2.05, 4.69) is 67.9 Å². The Balaban J connectivity index is 2.74. The summed E-state index contributed by atoms with van der Waals surface area (Å²) in [7, 11) is 0. The molecule has 0 fully saturated rings. The van der Waals surface area contributed by atoms with Crippen LogP contribution in [-0.2, 0) is 5.41 Å². The number of alkyl halides is 1. The van der Waals surface area contributed by atoms with Gasteiger partial charge in [-0.25, -0.2) is 0 Å². The minimum Gasteiger partial charge on any atom is -0.0839 e. The fourth-order valence-electron chi connectivity index (χ4n) is 1.90. The van der Waals surface area contributed by atoms with Crippen molar-refractivity contribution in [2.24, 2.45) is 0 Å². The van der Waals surface area contributed by atoms with Crippen molar-refractivity contribution in [2.75, 3.05) is 0 Å². The van der Waals surface area contributed by atoms with E-state index in [1.807, 2.05) is 0 Å². The van der Waals surface area contributed by atoms with Crippen LogP contribution in [-0.4, -0.2) is 0 Å². The van der Waals surface area contributed by atoms with Crippen LogP contribution in [0.4, 0.5) is 0 Å². The van der Waals surface area contributed by atoms with Gasteiger partial charge in [-0.2, -0.15) is 0 Å². The molecular formula is C16H25Br. The number of halogens is 1. The summed E-state index contributed by atoms with van der Waals surface area (Å²) in [6.07, 6.45) is 4.97. The van der Waals surface area contributed by atoms with Crippen LogP contribution < -0.4 is 0 Å². The van der Waals surface area contributed by atoms with Gasteiger partial charge >= 0.3 is 0 Å². The van der Waals surface area contributed by atoms with Gasteiger partial charge in [0.15, 0.2) is 0 Å². The van der Waals surface area contributed by atoms with Crippen molar-refractivity contribution in [3.8, 4) is 0 Å². The van der Waals surface area contributed by atoms with Crippen molar-refractivity contribution >= 4 is 15.9 Å². The van der Waals surface area contributed by atoms with Crippen molar-refractivity contribution in [3.63, 3.8) is 0 Å². The molecule has 1 rings (SSSR count). The molecule has 0 nitrogen and oxygen atoms in total. The van der Waals surface area contributed by atoms with Crippen LogP contribution in [0.2, 0.25) is 0 Å². The first kappa shape index (κ1) is 14.8. The van der Waals surface area contributed by atoms with Crippen LogP contribution >= 0.6 is 15.9 Å². The number of unbranched alkanes of at least 4 members (excludes halogenated alkanes) is 1. The van der Waals surface area contributed by atoms with E-state index in [0.717, 1.165) is 0 Å². The Labute approximate surface area is 115 Å². The maximum absolute atomic E-state index is 3.78. The first-order valence-corrected chi connectivity index (χ1v) is 7.67. The maximum atomic E-state index is 3.78. The molecule has 0 heterocycles. The highest BCUT2D eigenvalue weighted by Crippen LogP contribution is 2.31. The van der Waals surface area contributed by atoms with E-state index in [4.69, 9.17) is 0 Å². The normalized spacial score (nSPS) is 13.7. The van der Waals surface area contributed by atoms with Crippen LogP contribution in [0, 0.1) is 0 Å². The Bertz CT molecular complexity index is 324. The van der Waals surface area contributed by atoms with Gasteiger partial charge in [-0.15, -0.1) is 0 Å². The monoisotopic (exact) mass is 296 g/mol. The van der Waals surface area contributed by atoms with Crippen molar-refractivity contribution in [1.82, 2.24) is 0 Å². The van der Waals surface area contributed by atoms with Gasteiger partial charge < -0.3 is 0 Å². The topological polar surface area (TPSA) is 0 Å². The summed E-state index contributed by atoms with van der Waals surface area (Å²) in [5.74, 6) is 0. The number of rotatable bonds is 6. The fourth-order valence-corrected chi connectivity index (χ4v) is 2.53. The predicted octanol–water partition coefficient (Wildman–Crippen LogP) is 6.00. The third-order valence-electron chi connectivity index (χ3n) is 3.75. The van der Waals surface area contributed by atoms with Crippen molar-refractivity contribution in [1.29, 1.82) is 0 Å². The highest BCUT2D eigenvalue weighted by molar-refractivity contribution is 9.09. The van der Waals surface area contributed by atoms with Gasteiger partial charge in [-0.3, -0.25) is 0 Å². The minimum absolute atomic E-state index is 0.295. The van der Waals surface area contributed by atoms with Crippen molar-refractivity contribution in [2.45, 2.75) is 63.6 Å². The van der Waals surface area contributed by atoms with Gasteiger partial charge in [0.25, 0.3) is 0 Å². The molecule has 0 bridgehead atoms. The lowest BCUT2D eigenvalue weighted by Gasteiger charge is -2.23. The van der Waals surface area contributed by atoms with Crippen LogP contribution in [0.3, 0.4) is 0 Å². The number of hydrogen-bond acceptors (Lipinski definition) is 0. The minimum atomic E-state index is 0.295. The van der Waals surface area contributed by atoms with Crippen LogP contribution in [0.5, 0.6) is 0 Å². The SMILES string of the molecule is CCCCC(Br)c1ccc(C(C)(C)CC)cc1. The molecule has 1 aromatic rings. The second kappa shape index (κ2) is 6.58. The Morgan fingerprint density at radius 3 is 2.18 bits per heavy atom. The summed E-state index contributed by atoms with van der Waals surface area (Å²) in [6, 6.07) is 9.14. The zero-order valence-corrected chi connectivity index (χ0v) is 13.2. The van der Waals surface area contributed by atoms with Gasteiger partial charge in [0.1, 0.15) is 0 Å². The quantitative estimate of drug-likeness (QED) is 0.565. The standard InChI is InChI=1S/C16H25Br/c1-5-7-8-15(17)13-9-11-14(12-10-13)16(3,4)6-2/h9-12,15H,5-8H2,1-4H3. The largest absolute Gasteiger partial charge is 0.0839 e. The molecule has 1 heteroatoms. The Kier molecular flexibility index (Phi) is 5.72. The molecular weight excluding hydrogens is 272 g/mol. The maximum Gasteiger partial charge on any atom is 0.0395 e. The lowest BCUT2D eigenvalue weighted by atomic mass is 9.82. The molecule has 1 aromatic carbocycles. The van der Waals surface area contributed by atoms with E-state index in [0.29, 0.717) is 10.2 Å². The van der Waals surface area contributed by atoms with Crippen LogP contribution in [0.1, 0.15) is 69.3 Å². The molecule has 0 saturated carbocycles. The number of benzene rings is 1. The molecule has 0 aliphatic rings. The molecule has 0 spiro atoms. The van der Waals surface area contributed by atoms with E-state index in [1.165, 1.54) is 36.8 Å². The molecule has 0 saturated heterocycles. The zero-order chi connectivity index (χ0) is 12.9. The Morgan fingerprint density at radius 1 is 1.12 bits per heavy atom. The average molecular weight is 297 g/mol. The van der Waals surface area contributed by atoms with E-state index >= 15 is 0 Å². The van der Waals surface area contributed by atoms with Crippen molar-refractivity contribution < 1.29 is 0 Å². The first-order chi connectivity index (χ1) is 8.01. The molecule has 0 aliphatic carbocycles. The van der Waals surface area contributed by atoms with Crippen LogP contribution in [0.25, 0.3) is 0 Å². The smallest absolute Gasteiger partial charge is 0.0395 e. The van der Waals surface area contributed by atoms with Gasteiger partial charge in [-0.05, 0) is 29.4 Å². The van der Waals surface area contributed by atoms with Crippen LogP contribution in [0.15, 0.2) is 24.3 Å². The molecule has 0 N–H and O–H groups in total. The summed E-state index contributed by atoms with van der Waals surface area (Å²) < 4.78 is 0. The molecule has 1 unspecified atom stereocenters. The summed E-state index contributed by atoms with van der Waals surface area (Å²) in [4.78, 5) is 0.515. The molecule has 0 aromatic heterocycles. The lowest BCUT2D eigenvalue weighted by Crippen LogP contribution is -2.15. The molecule has 0 amide bonds. The molecule has 96 valence electrons. The third kappa shape index (κ3) is 4.13. The summed E-state index contributed by atoms with van der Waals surface area (Å²) in [6.45, 7) is 9.12. The third-order valence-corrected chi connectivity index (χ3v) is 4.74. The second-order valence-electron chi connectivity index (χ2n) is 5.47.